The van der Waals surface area contributed by atoms with Crippen LogP contribution in [-0.4, -0.2) is 60.0 Å². The molecule has 0 atom stereocenters. The summed E-state index contributed by atoms with van der Waals surface area (Å²) in [7, 11) is 0. The Balaban J connectivity index is 0. The summed E-state index contributed by atoms with van der Waals surface area (Å²) in [4.78, 5) is 10.2. The van der Waals surface area contributed by atoms with Gasteiger partial charge in [-0.15, -0.1) is 0 Å². The van der Waals surface area contributed by atoms with Gasteiger partial charge in [-0.25, -0.2) is 0 Å². The molecule has 0 heterocycles. The number of aliphatic carboxylic acids is 1. The first-order chi connectivity index (χ1) is 6.27. The van der Waals surface area contributed by atoms with E-state index in [-0.39, 0.29) is 48.9 Å². The molecule has 0 aliphatic carbocycles. The number of carboxylic acids is 1. The number of carbonyl (C=O) groups is 1. The Kier molecular flexibility index (Phi) is 17.5. The fourth-order valence-corrected chi connectivity index (χ4v) is 1.41. The molecular weight excluding hydrogens is 301 g/mol. The van der Waals surface area contributed by atoms with E-state index in [0.29, 0.717) is 6.42 Å². The van der Waals surface area contributed by atoms with Gasteiger partial charge in [-0.3, -0.25) is 4.79 Å². The first-order valence-corrected chi connectivity index (χ1v) is 5.49. The number of hydrogen-bond acceptors (Lipinski definition) is 1. The standard InChI is InChI=1S/C11H22O2.Ba.2H/c1-2-3-4-5-6-7-8-9-10-11(12)13;;;/h2-10H2,1H3,(H,12,13);;;. The zero-order valence-electron chi connectivity index (χ0n) is 8.72. The second kappa shape index (κ2) is 14.0. The van der Waals surface area contributed by atoms with Crippen molar-refractivity contribution in [3.05, 3.63) is 0 Å². The summed E-state index contributed by atoms with van der Waals surface area (Å²) < 4.78 is 0. The molecule has 0 spiro atoms. The second-order valence-electron chi connectivity index (χ2n) is 3.62. The zero-order chi connectivity index (χ0) is 9.94. The van der Waals surface area contributed by atoms with Gasteiger partial charge in [0.2, 0.25) is 0 Å². The number of rotatable bonds is 9. The molecule has 14 heavy (non-hydrogen) atoms. The van der Waals surface area contributed by atoms with E-state index in [1.807, 2.05) is 0 Å². The van der Waals surface area contributed by atoms with Gasteiger partial charge in [-0.05, 0) is 6.42 Å². The van der Waals surface area contributed by atoms with Crippen LogP contribution < -0.4 is 0 Å². The van der Waals surface area contributed by atoms with Crippen molar-refractivity contribution in [1.82, 2.24) is 0 Å². The van der Waals surface area contributed by atoms with Gasteiger partial charge in [0.15, 0.2) is 0 Å². The summed E-state index contributed by atoms with van der Waals surface area (Å²) in [6.45, 7) is 2.22. The molecule has 0 amide bonds. The molecule has 0 aromatic carbocycles. The van der Waals surface area contributed by atoms with Crippen LogP contribution in [-0.2, 0) is 4.79 Å². The average Bonchev–Trinajstić information content (AvgIpc) is 2.09. The quantitative estimate of drug-likeness (QED) is 0.523. The predicted octanol–water partition coefficient (Wildman–Crippen LogP) is 2.69. The molecule has 0 aromatic rings. The Morgan fingerprint density at radius 1 is 0.929 bits per heavy atom. The van der Waals surface area contributed by atoms with E-state index in [1.165, 1.54) is 38.5 Å². The van der Waals surface area contributed by atoms with E-state index < -0.39 is 5.97 Å². The summed E-state index contributed by atoms with van der Waals surface area (Å²) in [6, 6.07) is 0. The first kappa shape index (κ1) is 17.4. The third-order valence-corrected chi connectivity index (χ3v) is 2.24. The van der Waals surface area contributed by atoms with Crippen molar-refractivity contribution < 1.29 is 9.90 Å². The van der Waals surface area contributed by atoms with Crippen LogP contribution in [0.5, 0.6) is 0 Å². The third kappa shape index (κ3) is 15.5. The molecule has 0 fully saturated rings. The summed E-state index contributed by atoms with van der Waals surface area (Å²) in [5, 5.41) is 8.39. The van der Waals surface area contributed by atoms with E-state index in [4.69, 9.17) is 5.11 Å². The summed E-state index contributed by atoms with van der Waals surface area (Å²) in [5.74, 6) is -0.661. The number of unbranched alkanes of at least 4 members (excludes halogenated alkanes) is 7. The van der Waals surface area contributed by atoms with Gasteiger partial charge in [0.1, 0.15) is 0 Å². The van der Waals surface area contributed by atoms with Gasteiger partial charge >= 0.3 is 54.9 Å². The molecule has 0 aliphatic rings. The fraction of sp³-hybridized carbons (Fsp3) is 0.909. The van der Waals surface area contributed by atoms with Crippen LogP contribution in [0.25, 0.3) is 0 Å². The zero-order valence-corrected chi connectivity index (χ0v) is 8.72. The molecule has 0 aromatic heterocycles. The second-order valence-corrected chi connectivity index (χ2v) is 3.62. The number of hydrogen-bond donors (Lipinski definition) is 1. The Labute approximate surface area is 128 Å². The van der Waals surface area contributed by atoms with E-state index in [1.54, 1.807) is 0 Å². The van der Waals surface area contributed by atoms with Gasteiger partial charge in [0, 0.05) is 6.42 Å². The molecular formula is C11H24BaO2. The maximum absolute atomic E-state index is 10.2. The summed E-state index contributed by atoms with van der Waals surface area (Å²) >= 11 is 0. The molecule has 1 N–H and O–H groups in total. The minimum atomic E-state index is -0.661. The van der Waals surface area contributed by atoms with E-state index in [0.717, 1.165) is 12.8 Å². The van der Waals surface area contributed by atoms with Crippen LogP contribution in [0.4, 0.5) is 0 Å². The van der Waals surface area contributed by atoms with E-state index >= 15 is 0 Å². The van der Waals surface area contributed by atoms with Crippen molar-refractivity contribution in [1.29, 1.82) is 0 Å². The van der Waals surface area contributed by atoms with Crippen LogP contribution in [0, 0.1) is 0 Å². The van der Waals surface area contributed by atoms with Gasteiger partial charge in [0.05, 0.1) is 0 Å². The molecule has 0 unspecified atom stereocenters. The van der Waals surface area contributed by atoms with Crippen LogP contribution >= 0.6 is 0 Å². The van der Waals surface area contributed by atoms with E-state index in [2.05, 4.69) is 6.92 Å². The minimum absolute atomic E-state index is 0. The normalized spacial score (nSPS) is 9.50. The SMILES string of the molecule is CCCCCCCCCCC(=O)O.[BaH2]. The molecule has 0 aliphatic heterocycles. The molecule has 0 rings (SSSR count). The third-order valence-electron chi connectivity index (χ3n) is 2.24. The first-order valence-electron chi connectivity index (χ1n) is 5.49. The Bertz CT molecular complexity index is 126. The molecule has 2 nitrogen and oxygen atoms in total. The van der Waals surface area contributed by atoms with Crippen LogP contribution in [0.3, 0.4) is 0 Å². The number of carboxylic acid groups (broad SMARTS) is 1. The van der Waals surface area contributed by atoms with Crippen molar-refractivity contribution in [3.8, 4) is 0 Å². The molecule has 0 saturated carbocycles. The topological polar surface area (TPSA) is 37.3 Å². The Hall–Kier alpha value is 1.04. The molecule has 0 radical (unpaired) electrons. The van der Waals surface area contributed by atoms with Gasteiger partial charge < -0.3 is 5.11 Å². The van der Waals surface area contributed by atoms with Crippen molar-refractivity contribution in [2.75, 3.05) is 0 Å². The molecule has 3 heteroatoms. The van der Waals surface area contributed by atoms with Crippen LogP contribution in [0.2, 0.25) is 0 Å². The molecule has 0 bridgehead atoms. The summed E-state index contributed by atoms with van der Waals surface area (Å²) in [5.41, 5.74) is 0. The molecule has 82 valence electrons. The van der Waals surface area contributed by atoms with E-state index in [9.17, 15) is 4.79 Å². The van der Waals surface area contributed by atoms with Gasteiger partial charge in [0.25, 0.3) is 0 Å². The molecule has 0 saturated heterocycles. The van der Waals surface area contributed by atoms with Crippen LogP contribution in [0.15, 0.2) is 0 Å². The average molecular weight is 326 g/mol. The predicted molar refractivity (Wildman–Crippen MR) is 63.4 cm³/mol. The Morgan fingerprint density at radius 3 is 1.79 bits per heavy atom. The van der Waals surface area contributed by atoms with Crippen molar-refractivity contribution in [2.24, 2.45) is 0 Å². The monoisotopic (exact) mass is 326 g/mol. The van der Waals surface area contributed by atoms with Gasteiger partial charge in [-0.2, -0.15) is 0 Å². The van der Waals surface area contributed by atoms with Gasteiger partial charge in [-0.1, -0.05) is 51.9 Å². The van der Waals surface area contributed by atoms with Crippen LogP contribution in [0.1, 0.15) is 64.7 Å². The summed E-state index contributed by atoms with van der Waals surface area (Å²) in [6.07, 6.45) is 10.1. The Morgan fingerprint density at radius 2 is 1.36 bits per heavy atom. The maximum atomic E-state index is 10.2. The fourth-order valence-electron chi connectivity index (χ4n) is 1.41. The van der Waals surface area contributed by atoms with Crippen molar-refractivity contribution in [3.63, 3.8) is 0 Å². The van der Waals surface area contributed by atoms with Crippen molar-refractivity contribution >= 4 is 54.9 Å². The van der Waals surface area contributed by atoms with Crippen molar-refractivity contribution in [2.45, 2.75) is 64.7 Å².